The first-order valence-electron chi connectivity index (χ1n) is 7.37. The van der Waals surface area contributed by atoms with Crippen molar-refractivity contribution in [2.75, 3.05) is 6.54 Å². The minimum absolute atomic E-state index is 0.0358. The molecule has 0 saturated heterocycles. The summed E-state index contributed by atoms with van der Waals surface area (Å²) >= 11 is 5.94. The molecule has 0 heterocycles. The maximum absolute atomic E-state index is 11.5. The first-order chi connectivity index (χ1) is 11.0. The molecule has 0 aromatic heterocycles. The van der Waals surface area contributed by atoms with E-state index in [1.165, 1.54) is 18.2 Å². The number of carbonyl (C=O) groups is 2. The van der Waals surface area contributed by atoms with Crippen molar-refractivity contribution in [3.63, 3.8) is 0 Å². The van der Waals surface area contributed by atoms with Gasteiger partial charge in [-0.15, -0.1) is 0 Å². The molecule has 1 aromatic carbocycles. The van der Waals surface area contributed by atoms with Gasteiger partial charge in [-0.3, -0.25) is 0 Å². The Labute approximate surface area is 145 Å². The molecular weight excluding hydrogens is 338 g/mol. The van der Waals surface area contributed by atoms with Gasteiger partial charge in [-0.2, -0.15) is 0 Å². The van der Waals surface area contributed by atoms with E-state index >= 15 is 0 Å². The average molecular weight is 360 g/mol. The van der Waals surface area contributed by atoms with E-state index < -0.39 is 29.9 Å². The summed E-state index contributed by atoms with van der Waals surface area (Å²) in [7, 11) is 0. The molecule has 2 unspecified atom stereocenters. The van der Waals surface area contributed by atoms with Crippen molar-refractivity contribution in [3.8, 4) is 0 Å². The summed E-state index contributed by atoms with van der Waals surface area (Å²) in [6, 6.07) is 3.85. The summed E-state index contributed by atoms with van der Waals surface area (Å²) in [5, 5.41) is 31.8. The Morgan fingerprint density at radius 2 is 1.92 bits per heavy atom. The molecule has 1 rings (SSSR count). The zero-order valence-electron chi connectivity index (χ0n) is 13.7. The quantitative estimate of drug-likeness (QED) is 0.619. The van der Waals surface area contributed by atoms with Crippen molar-refractivity contribution in [1.29, 1.82) is 0 Å². The van der Waals surface area contributed by atoms with E-state index in [4.69, 9.17) is 21.4 Å². The number of hydrogen-bond donors (Lipinski definition) is 4. The maximum Gasteiger partial charge on any atom is 0.407 e. The van der Waals surface area contributed by atoms with Crippen molar-refractivity contribution in [2.45, 2.75) is 45.0 Å². The van der Waals surface area contributed by atoms with Gasteiger partial charge in [0.15, 0.2) is 0 Å². The summed E-state index contributed by atoms with van der Waals surface area (Å²) in [4.78, 5) is 22.5. The largest absolute Gasteiger partial charge is 0.478 e. The topological polar surface area (TPSA) is 116 Å². The lowest BCUT2D eigenvalue weighted by Gasteiger charge is -2.21. The second-order valence-corrected chi connectivity index (χ2v) is 6.68. The number of carbonyl (C=O) groups excluding carboxylic acids is 1. The van der Waals surface area contributed by atoms with Gasteiger partial charge in [0.05, 0.1) is 11.7 Å². The van der Waals surface area contributed by atoms with E-state index in [1.807, 2.05) is 0 Å². The number of benzene rings is 1. The van der Waals surface area contributed by atoms with Gasteiger partial charge in [-0.05, 0) is 45.4 Å². The van der Waals surface area contributed by atoms with Crippen molar-refractivity contribution in [1.82, 2.24) is 5.32 Å². The van der Waals surface area contributed by atoms with Gasteiger partial charge in [0.2, 0.25) is 0 Å². The number of halogens is 1. The highest BCUT2D eigenvalue weighted by Crippen LogP contribution is 2.27. The fourth-order valence-electron chi connectivity index (χ4n) is 1.90. The standard InChI is InChI=1S/C16H22ClNO6/c1-16(2,3)24-15(23)18-7-6-12(19)13(20)10-8-9(14(21)22)4-5-11(10)17/h4-5,8,12-13,19-20H,6-7H2,1-3H3,(H,18,23)(H,21,22). The molecule has 0 spiro atoms. The molecular formula is C16H22ClNO6. The van der Waals surface area contributed by atoms with Gasteiger partial charge in [-0.1, -0.05) is 11.6 Å². The van der Waals surface area contributed by atoms with E-state index in [1.54, 1.807) is 20.8 Å². The van der Waals surface area contributed by atoms with E-state index in [0.717, 1.165) is 0 Å². The molecule has 4 N–H and O–H groups in total. The predicted molar refractivity (Wildman–Crippen MR) is 88.2 cm³/mol. The molecule has 0 aliphatic carbocycles. The van der Waals surface area contributed by atoms with Gasteiger partial charge < -0.3 is 25.4 Å². The summed E-state index contributed by atoms with van der Waals surface area (Å²) in [5.74, 6) is -1.17. The molecule has 0 aliphatic rings. The molecule has 2 atom stereocenters. The highest BCUT2D eigenvalue weighted by atomic mass is 35.5. The van der Waals surface area contributed by atoms with Crippen LogP contribution < -0.4 is 5.32 Å². The van der Waals surface area contributed by atoms with Crippen LogP contribution in [0.5, 0.6) is 0 Å². The molecule has 7 nitrogen and oxygen atoms in total. The minimum atomic E-state index is -1.38. The van der Waals surface area contributed by atoms with Gasteiger partial charge in [-0.25, -0.2) is 9.59 Å². The number of carboxylic acids is 1. The molecule has 0 fully saturated rings. The van der Waals surface area contributed by atoms with Gasteiger partial charge in [0.25, 0.3) is 0 Å². The fraction of sp³-hybridized carbons (Fsp3) is 0.500. The van der Waals surface area contributed by atoms with E-state index in [0.29, 0.717) is 0 Å². The first-order valence-corrected chi connectivity index (χ1v) is 7.75. The number of nitrogens with one attached hydrogen (secondary N) is 1. The monoisotopic (exact) mass is 359 g/mol. The Morgan fingerprint density at radius 3 is 2.46 bits per heavy atom. The predicted octanol–water partition coefficient (Wildman–Crippen LogP) is 2.35. The number of aliphatic hydroxyl groups is 2. The number of carboxylic acid groups (broad SMARTS) is 1. The van der Waals surface area contributed by atoms with Crippen LogP contribution in [0, 0.1) is 0 Å². The van der Waals surface area contributed by atoms with Crippen LogP contribution in [0.25, 0.3) is 0 Å². The molecule has 1 amide bonds. The van der Waals surface area contributed by atoms with Crippen molar-refractivity contribution in [2.24, 2.45) is 0 Å². The van der Waals surface area contributed by atoms with Crippen LogP contribution in [0.15, 0.2) is 18.2 Å². The fourth-order valence-corrected chi connectivity index (χ4v) is 2.13. The van der Waals surface area contributed by atoms with E-state index in [-0.39, 0.29) is 29.1 Å². The molecule has 0 radical (unpaired) electrons. The summed E-state index contributed by atoms with van der Waals surface area (Å²) in [5.41, 5.74) is -0.568. The average Bonchev–Trinajstić information content (AvgIpc) is 2.44. The zero-order chi connectivity index (χ0) is 18.5. The molecule has 0 aliphatic heterocycles. The Balaban J connectivity index is 2.62. The van der Waals surface area contributed by atoms with Crippen LogP contribution in [0.2, 0.25) is 5.02 Å². The summed E-state index contributed by atoms with van der Waals surface area (Å²) in [6.07, 6.45) is -3.21. The summed E-state index contributed by atoms with van der Waals surface area (Å²) < 4.78 is 5.05. The van der Waals surface area contributed by atoms with E-state index in [2.05, 4.69) is 5.32 Å². The second kappa shape index (κ2) is 8.32. The molecule has 0 bridgehead atoms. The van der Waals surface area contributed by atoms with Gasteiger partial charge in [0.1, 0.15) is 11.7 Å². The van der Waals surface area contributed by atoms with Crippen molar-refractivity contribution >= 4 is 23.7 Å². The van der Waals surface area contributed by atoms with Crippen LogP contribution >= 0.6 is 11.6 Å². The number of aliphatic hydroxyl groups excluding tert-OH is 2. The Hall–Kier alpha value is -1.83. The maximum atomic E-state index is 11.5. The van der Waals surface area contributed by atoms with Crippen LogP contribution in [0.3, 0.4) is 0 Å². The number of rotatable bonds is 6. The normalized spacial score (nSPS) is 13.9. The lowest BCUT2D eigenvalue weighted by molar-refractivity contribution is 0.0122. The van der Waals surface area contributed by atoms with Crippen LogP contribution in [-0.2, 0) is 4.74 Å². The number of aromatic carboxylic acids is 1. The molecule has 0 saturated carbocycles. The molecule has 24 heavy (non-hydrogen) atoms. The number of ether oxygens (including phenoxy) is 1. The third-order valence-corrected chi connectivity index (χ3v) is 3.38. The third-order valence-electron chi connectivity index (χ3n) is 3.03. The summed E-state index contributed by atoms with van der Waals surface area (Å²) in [6.45, 7) is 5.25. The first kappa shape index (κ1) is 20.2. The smallest absolute Gasteiger partial charge is 0.407 e. The van der Waals surface area contributed by atoms with Crippen LogP contribution in [0.4, 0.5) is 4.79 Å². The zero-order valence-corrected chi connectivity index (χ0v) is 14.5. The molecule has 134 valence electrons. The Morgan fingerprint density at radius 1 is 1.29 bits per heavy atom. The highest BCUT2D eigenvalue weighted by Gasteiger charge is 2.23. The van der Waals surface area contributed by atoms with Crippen LogP contribution in [0.1, 0.15) is 49.2 Å². The Bertz CT molecular complexity index is 599. The lowest BCUT2D eigenvalue weighted by Crippen LogP contribution is -2.34. The molecule has 8 heteroatoms. The second-order valence-electron chi connectivity index (χ2n) is 6.27. The van der Waals surface area contributed by atoms with Gasteiger partial charge in [0, 0.05) is 17.1 Å². The molecule has 1 aromatic rings. The third kappa shape index (κ3) is 6.35. The van der Waals surface area contributed by atoms with Crippen molar-refractivity contribution in [3.05, 3.63) is 34.3 Å². The van der Waals surface area contributed by atoms with Crippen molar-refractivity contribution < 1.29 is 29.6 Å². The Kier molecular flexibility index (Phi) is 7.01. The minimum Gasteiger partial charge on any atom is -0.478 e. The lowest BCUT2D eigenvalue weighted by atomic mass is 10.00. The van der Waals surface area contributed by atoms with Gasteiger partial charge >= 0.3 is 12.1 Å². The number of amides is 1. The number of alkyl carbamates (subject to hydrolysis) is 1. The van der Waals surface area contributed by atoms with Crippen LogP contribution in [-0.4, -0.2) is 45.6 Å². The SMILES string of the molecule is CC(C)(C)OC(=O)NCCC(O)C(O)c1cc(C(=O)O)ccc1Cl. The highest BCUT2D eigenvalue weighted by molar-refractivity contribution is 6.31. The number of hydrogen-bond acceptors (Lipinski definition) is 5. The van der Waals surface area contributed by atoms with E-state index in [9.17, 15) is 19.8 Å².